The van der Waals surface area contributed by atoms with Gasteiger partial charge in [0.2, 0.25) is 0 Å². The van der Waals surface area contributed by atoms with Crippen molar-refractivity contribution in [2.24, 2.45) is 0 Å². The molecule has 0 N–H and O–H groups in total. The molecule has 0 fully saturated rings. The number of carbonyl (C=O) groups excluding carboxylic acids is 1. The Bertz CT molecular complexity index is 303. The smallest absolute Gasteiger partial charge is 0.252 e. The van der Waals surface area contributed by atoms with Crippen molar-refractivity contribution >= 4 is 16.8 Å². The van der Waals surface area contributed by atoms with Crippen LogP contribution in [0.1, 0.15) is 48.5 Å². The average molecular weight is 211 g/mol. The van der Waals surface area contributed by atoms with Crippen LogP contribution >= 0.6 is 11.6 Å². The summed E-state index contributed by atoms with van der Waals surface area (Å²) in [5, 5.41) is -0.389. The zero-order valence-electron chi connectivity index (χ0n) is 8.59. The van der Waals surface area contributed by atoms with Gasteiger partial charge < -0.3 is 0 Å². The number of hydrogen-bond acceptors (Lipinski definition) is 1. The predicted octanol–water partition coefficient (Wildman–Crippen LogP) is 3.97. The topological polar surface area (TPSA) is 17.1 Å². The van der Waals surface area contributed by atoms with Crippen LogP contribution in [0.2, 0.25) is 0 Å². The summed E-state index contributed by atoms with van der Waals surface area (Å²) in [6.07, 6.45) is 2.35. The Morgan fingerprint density at radius 3 is 2.36 bits per heavy atom. The first-order valence-corrected chi connectivity index (χ1v) is 5.32. The Labute approximate surface area is 90.1 Å². The van der Waals surface area contributed by atoms with E-state index in [9.17, 15) is 4.79 Å². The van der Waals surface area contributed by atoms with Gasteiger partial charge in [0.05, 0.1) is 0 Å². The van der Waals surface area contributed by atoms with Crippen LogP contribution in [0.4, 0.5) is 0 Å². The number of halogens is 1. The third-order valence-corrected chi connectivity index (χ3v) is 2.65. The second kappa shape index (κ2) is 5.16. The van der Waals surface area contributed by atoms with Crippen LogP contribution in [0.5, 0.6) is 0 Å². The van der Waals surface area contributed by atoms with Gasteiger partial charge in [-0.2, -0.15) is 0 Å². The maximum absolute atomic E-state index is 10.8. The maximum Gasteiger partial charge on any atom is 0.252 e. The lowest BCUT2D eigenvalue weighted by Crippen LogP contribution is -1.94. The average Bonchev–Trinajstić information content (AvgIpc) is 2.18. The molecule has 0 spiro atoms. The van der Waals surface area contributed by atoms with E-state index in [4.69, 9.17) is 11.6 Å². The first kappa shape index (κ1) is 11.3. The van der Waals surface area contributed by atoms with E-state index in [0.29, 0.717) is 11.5 Å². The summed E-state index contributed by atoms with van der Waals surface area (Å²) in [5.74, 6) is 0.555. The van der Waals surface area contributed by atoms with E-state index in [1.807, 2.05) is 12.1 Å². The lowest BCUT2D eigenvalue weighted by molar-refractivity contribution is 0.108. The molecule has 0 aliphatic rings. The van der Waals surface area contributed by atoms with Crippen LogP contribution in [0.15, 0.2) is 24.3 Å². The van der Waals surface area contributed by atoms with E-state index < -0.39 is 0 Å². The molecular formula is C12H15ClO. The molecule has 76 valence electrons. The largest absolute Gasteiger partial charge is 0.276 e. The molecule has 1 aromatic rings. The number of hydrogen-bond donors (Lipinski definition) is 0. The zero-order valence-corrected chi connectivity index (χ0v) is 9.34. The van der Waals surface area contributed by atoms with Gasteiger partial charge >= 0.3 is 0 Å². The fourth-order valence-corrected chi connectivity index (χ4v) is 1.67. The molecular weight excluding hydrogens is 196 g/mol. The van der Waals surface area contributed by atoms with Crippen molar-refractivity contribution in [2.75, 3.05) is 0 Å². The predicted molar refractivity (Wildman–Crippen MR) is 59.9 cm³/mol. The molecule has 0 aromatic heterocycles. The molecule has 14 heavy (non-hydrogen) atoms. The summed E-state index contributed by atoms with van der Waals surface area (Å²) in [6.45, 7) is 4.37. The highest BCUT2D eigenvalue weighted by molar-refractivity contribution is 6.67. The molecule has 1 nitrogen and oxygen atoms in total. The van der Waals surface area contributed by atoms with E-state index in [1.165, 1.54) is 18.4 Å². The van der Waals surface area contributed by atoms with Crippen molar-refractivity contribution < 1.29 is 4.79 Å². The van der Waals surface area contributed by atoms with Gasteiger partial charge in [-0.1, -0.05) is 32.4 Å². The lowest BCUT2D eigenvalue weighted by atomic mass is 9.96. The van der Waals surface area contributed by atoms with Gasteiger partial charge in [-0.05, 0) is 41.6 Å². The van der Waals surface area contributed by atoms with Gasteiger partial charge in [0.1, 0.15) is 0 Å². The Morgan fingerprint density at radius 2 is 1.93 bits per heavy atom. The Kier molecular flexibility index (Phi) is 4.15. The molecule has 0 aliphatic heterocycles. The summed E-state index contributed by atoms with van der Waals surface area (Å²) >= 11 is 5.36. The lowest BCUT2D eigenvalue weighted by Gasteiger charge is -2.10. The van der Waals surface area contributed by atoms with Gasteiger partial charge in [0.15, 0.2) is 0 Å². The molecule has 0 radical (unpaired) electrons. The van der Waals surface area contributed by atoms with E-state index in [0.717, 1.165) is 0 Å². The van der Waals surface area contributed by atoms with Gasteiger partial charge in [-0.25, -0.2) is 0 Å². The van der Waals surface area contributed by atoms with E-state index >= 15 is 0 Å². The normalized spacial score (nSPS) is 12.5. The fourth-order valence-electron chi connectivity index (χ4n) is 1.54. The van der Waals surface area contributed by atoms with E-state index in [-0.39, 0.29) is 5.24 Å². The molecule has 0 saturated carbocycles. The summed E-state index contributed by atoms with van der Waals surface area (Å²) in [5.41, 5.74) is 1.84. The summed E-state index contributed by atoms with van der Waals surface area (Å²) in [6, 6.07) is 7.54. The monoisotopic (exact) mass is 210 g/mol. The number of rotatable bonds is 4. The molecule has 1 atom stereocenters. The minimum absolute atomic E-state index is 0.389. The third-order valence-electron chi connectivity index (χ3n) is 2.43. The van der Waals surface area contributed by atoms with Crippen LogP contribution in [0.3, 0.4) is 0 Å². The van der Waals surface area contributed by atoms with Crippen LogP contribution in [-0.4, -0.2) is 5.24 Å². The molecule has 0 bridgehead atoms. The van der Waals surface area contributed by atoms with Gasteiger partial charge in [-0.3, -0.25) is 4.79 Å². The van der Waals surface area contributed by atoms with Gasteiger partial charge in [0, 0.05) is 5.56 Å². The van der Waals surface area contributed by atoms with E-state index in [1.54, 1.807) is 12.1 Å². The van der Waals surface area contributed by atoms with Crippen LogP contribution in [-0.2, 0) is 0 Å². The fraction of sp³-hybridized carbons (Fsp3) is 0.417. The molecule has 2 heteroatoms. The van der Waals surface area contributed by atoms with Crippen molar-refractivity contribution in [1.29, 1.82) is 0 Å². The van der Waals surface area contributed by atoms with Crippen LogP contribution in [0.25, 0.3) is 0 Å². The number of carbonyl (C=O) groups is 1. The minimum Gasteiger partial charge on any atom is -0.276 e. The SMILES string of the molecule is CCCC(C)c1ccc(C(=O)Cl)cc1. The second-order valence-electron chi connectivity index (χ2n) is 3.59. The summed E-state index contributed by atoms with van der Waals surface area (Å²) < 4.78 is 0. The Morgan fingerprint density at radius 1 is 1.36 bits per heavy atom. The second-order valence-corrected chi connectivity index (χ2v) is 3.93. The molecule has 0 heterocycles. The molecule has 0 amide bonds. The van der Waals surface area contributed by atoms with Crippen molar-refractivity contribution in [1.82, 2.24) is 0 Å². The van der Waals surface area contributed by atoms with Crippen molar-refractivity contribution in [3.8, 4) is 0 Å². The van der Waals surface area contributed by atoms with Crippen molar-refractivity contribution in [3.63, 3.8) is 0 Å². The standard InChI is InChI=1S/C12H15ClO/c1-3-4-9(2)10-5-7-11(8-6-10)12(13)14/h5-9H,3-4H2,1-2H3. The highest BCUT2D eigenvalue weighted by Gasteiger charge is 2.05. The first-order chi connectivity index (χ1) is 6.65. The zero-order chi connectivity index (χ0) is 10.6. The Balaban J connectivity index is 2.77. The van der Waals surface area contributed by atoms with Crippen molar-refractivity contribution in [3.05, 3.63) is 35.4 Å². The molecule has 1 rings (SSSR count). The summed E-state index contributed by atoms with van der Waals surface area (Å²) in [7, 11) is 0. The van der Waals surface area contributed by atoms with Crippen LogP contribution in [0, 0.1) is 0 Å². The Hall–Kier alpha value is -0.820. The number of benzene rings is 1. The minimum atomic E-state index is -0.389. The van der Waals surface area contributed by atoms with Crippen LogP contribution < -0.4 is 0 Å². The quantitative estimate of drug-likeness (QED) is 0.688. The van der Waals surface area contributed by atoms with Gasteiger partial charge in [0.25, 0.3) is 5.24 Å². The molecule has 1 unspecified atom stereocenters. The molecule has 1 aromatic carbocycles. The molecule has 0 saturated heterocycles. The summed E-state index contributed by atoms with van der Waals surface area (Å²) in [4.78, 5) is 10.8. The van der Waals surface area contributed by atoms with Gasteiger partial charge in [-0.15, -0.1) is 0 Å². The van der Waals surface area contributed by atoms with Crippen molar-refractivity contribution in [2.45, 2.75) is 32.6 Å². The third kappa shape index (κ3) is 2.85. The maximum atomic E-state index is 10.8. The molecule has 0 aliphatic carbocycles. The first-order valence-electron chi connectivity index (χ1n) is 4.95. The highest BCUT2D eigenvalue weighted by Crippen LogP contribution is 2.20. The highest BCUT2D eigenvalue weighted by atomic mass is 35.5. The van der Waals surface area contributed by atoms with E-state index in [2.05, 4.69) is 13.8 Å².